The van der Waals surface area contributed by atoms with Gasteiger partial charge in [-0.3, -0.25) is 14.7 Å². The number of aromatic nitrogens is 1. The summed E-state index contributed by atoms with van der Waals surface area (Å²) < 4.78 is 27.6. The lowest BCUT2D eigenvalue weighted by Crippen LogP contribution is -2.51. The molecule has 4 heterocycles. The van der Waals surface area contributed by atoms with Gasteiger partial charge in [0.1, 0.15) is 5.03 Å². The average molecular weight is 526 g/mol. The quantitative estimate of drug-likeness (QED) is 0.511. The van der Waals surface area contributed by atoms with Gasteiger partial charge >= 0.3 is 0 Å². The number of hydrogen-bond acceptors (Lipinski definition) is 5. The van der Waals surface area contributed by atoms with Crippen molar-refractivity contribution in [2.75, 3.05) is 39.3 Å². The lowest BCUT2D eigenvalue weighted by atomic mass is 9.92. The maximum atomic E-state index is 13.2. The molecule has 0 radical (unpaired) electrons. The van der Waals surface area contributed by atoms with Crippen LogP contribution < -0.4 is 0 Å². The van der Waals surface area contributed by atoms with E-state index in [1.807, 2.05) is 0 Å². The second kappa shape index (κ2) is 9.30. The van der Waals surface area contributed by atoms with Crippen LogP contribution in [0.3, 0.4) is 0 Å². The van der Waals surface area contributed by atoms with E-state index in [2.05, 4.69) is 39.1 Å². The van der Waals surface area contributed by atoms with Crippen LogP contribution in [0.1, 0.15) is 30.0 Å². The molecule has 0 spiro atoms. The van der Waals surface area contributed by atoms with Crippen LogP contribution in [0.15, 0.2) is 58.5 Å². The number of likely N-dealkylation sites (tertiary alicyclic amines) is 1. The summed E-state index contributed by atoms with van der Waals surface area (Å²) in [6, 6.07) is 15.5. The van der Waals surface area contributed by atoms with Crippen LogP contribution in [-0.2, 0) is 21.4 Å². The Morgan fingerprint density at radius 2 is 1.81 bits per heavy atom. The molecule has 8 nitrogen and oxygen atoms in total. The van der Waals surface area contributed by atoms with Gasteiger partial charge in [-0.1, -0.05) is 35.9 Å². The highest BCUT2D eigenvalue weighted by Gasteiger charge is 2.34. The second-order valence-electron chi connectivity index (χ2n) is 9.68. The van der Waals surface area contributed by atoms with Crippen molar-refractivity contribution in [2.24, 2.45) is 4.99 Å². The number of benzene rings is 2. The van der Waals surface area contributed by atoms with Crippen LogP contribution in [0.5, 0.6) is 0 Å². The summed E-state index contributed by atoms with van der Waals surface area (Å²) in [7, 11) is -3.82. The van der Waals surface area contributed by atoms with Crippen LogP contribution >= 0.6 is 11.6 Å². The zero-order valence-corrected chi connectivity index (χ0v) is 21.4. The molecule has 188 valence electrons. The number of amides is 1. The van der Waals surface area contributed by atoms with Crippen LogP contribution in [-0.4, -0.2) is 78.4 Å². The molecule has 1 atom stereocenters. The lowest BCUT2D eigenvalue weighted by molar-refractivity contribution is -0.134. The third-order valence-corrected chi connectivity index (χ3v) is 9.39. The van der Waals surface area contributed by atoms with E-state index in [4.69, 9.17) is 11.6 Å². The van der Waals surface area contributed by atoms with Crippen molar-refractivity contribution in [1.29, 1.82) is 0 Å². The Kier molecular flexibility index (Phi) is 6.11. The molecule has 0 bridgehead atoms. The molecule has 6 rings (SSSR count). The fourth-order valence-corrected chi connectivity index (χ4v) is 6.69. The number of hydrogen-bond donors (Lipinski definition) is 1. The Bertz CT molecular complexity index is 1450. The van der Waals surface area contributed by atoms with Gasteiger partial charge in [0, 0.05) is 67.3 Å². The minimum Gasteiger partial charge on any atom is -0.345 e. The number of aliphatic imine (C=N–C) groups is 1. The van der Waals surface area contributed by atoms with Gasteiger partial charge in [-0.25, -0.2) is 8.42 Å². The highest BCUT2D eigenvalue weighted by atomic mass is 35.5. The summed E-state index contributed by atoms with van der Waals surface area (Å²) >= 11 is 6.03. The monoisotopic (exact) mass is 525 g/mol. The maximum absolute atomic E-state index is 13.2. The van der Waals surface area contributed by atoms with Crippen LogP contribution in [0, 0.1) is 0 Å². The Hall–Kier alpha value is -2.72. The zero-order valence-electron chi connectivity index (χ0n) is 19.9. The first-order valence-electron chi connectivity index (χ1n) is 12.3. The molecule has 36 heavy (non-hydrogen) atoms. The average Bonchev–Trinajstić information content (AvgIpc) is 3.22. The molecule has 3 aliphatic heterocycles. The highest BCUT2D eigenvalue weighted by molar-refractivity contribution is 7.89. The normalized spacial score (nSPS) is 20.2. The molecule has 3 aromatic rings. The highest BCUT2D eigenvalue weighted by Crippen LogP contribution is 2.31. The standard InChI is InChI=1S/C26H28ClN5O3S/c27-21-6-7-22-20(14-21)15-24(29-22)36(34,35)32-13-12-31(25(33)17-32)16-18-2-4-19(5-3-18)26(23-8-9-28-23)30-10-1-11-30/h2-7,14-15,26,29H,1,8-13,16-17H2. The van der Waals surface area contributed by atoms with Gasteiger partial charge in [-0.05, 0) is 41.8 Å². The first-order chi connectivity index (χ1) is 17.4. The van der Waals surface area contributed by atoms with Gasteiger partial charge in [-0.15, -0.1) is 0 Å². The van der Waals surface area contributed by atoms with E-state index < -0.39 is 10.0 Å². The number of fused-ring (bicyclic) bond motifs is 1. The summed E-state index contributed by atoms with van der Waals surface area (Å²) in [6.07, 6.45) is 2.30. The number of carbonyl (C=O) groups excluding carboxylic acids is 1. The van der Waals surface area contributed by atoms with Gasteiger partial charge in [0.2, 0.25) is 5.91 Å². The number of H-pyrrole nitrogens is 1. The Labute approximate surface area is 215 Å². The van der Waals surface area contributed by atoms with E-state index in [0.717, 1.165) is 37.0 Å². The molecule has 1 aromatic heterocycles. The van der Waals surface area contributed by atoms with Gasteiger partial charge in [-0.2, -0.15) is 4.31 Å². The molecular formula is C26H28ClN5O3S. The van der Waals surface area contributed by atoms with E-state index in [1.165, 1.54) is 22.0 Å². The number of nitrogens with one attached hydrogen (secondary N) is 1. The van der Waals surface area contributed by atoms with Crippen molar-refractivity contribution >= 4 is 44.1 Å². The van der Waals surface area contributed by atoms with Crippen LogP contribution in [0.25, 0.3) is 10.9 Å². The van der Waals surface area contributed by atoms with E-state index in [1.54, 1.807) is 29.2 Å². The number of piperazine rings is 1. The Balaban J connectivity index is 1.12. The summed E-state index contributed by atoms with van der Waals surface area (Å²) in [4.78, 5) is 24.7. The van der Waals surface area contributed by atoms with E-state index >= 15 is 0 Å². The Morgan fingerprint density at radius 1 is 1.03 bits per heavy atom. The summed E-state index contributed by atoms with van der Waals surface area (Å²) in [6.45, 7) is 4.04. The lowest BCUT2D eigenvalue weighted by Gasteiger charge is -2.41. The maximum Gasteiger partial charge on any atom is 0.259 e. The van der Waals surface area contributed by atoms with Crippen molar-refractivity contribution in [3.05, 3.63) is 64.7 Å². The second-order valence-corrected chi connectivity index (χ2v) is 12.0. The van der Waals surface area contributed by atoms with Crippen molar-refractivity contribution in [3.63, 3.8) is 0 Å². The van der Waals surface area contributed by atoms with Crippen LogP contribution in [0.4, 0.5) is 0 Å². The molecule has 10 heteroatoms. The molecule has 1 amide bonds. The molecule has 1 unspecified atom stereocenters. The third kappa shape index (κ3) is 4.34. The molecule has 1 N–H and O–H groups in total. The number of halogens is 1. The van der Waals surface area contributed by atoms with Gasteiger partial charge in [0.25, 0.3) is 10.0 Å². The summed E-state index contributed by atoms with van der Waals surface area (Å²) in [5, 5.41) is 1.33. The molecule has 2 saturated heterocycles. The van der Waals surface area contributed by atoms with E-state index in [-0.39, 0.29) is 30.1 Å². The molecule has 0 aliphatic carbocycles. The molecule has 3 aliphatic rings. The predicted molar refractivity (Wildman–Crippen MR) is 140 cm³/mol. The number of sulfonamides is 1. The smallest absolute Gasteiger partial charge is 0.259 e. The topological polar surface area (TPSA) is 89.1 Å². The van der Waals surface area contributed by atoms with Crippen molar-refractivity contribution in [3.8, 4) is 0 Å². The number of carbonyl (C=O) groups is 1. The molecule has 0 saturated carbocycles. The SMILES string of the molecule is O=C1CN(S(=O)(=O)c2cc3cc(Cl)ccc3[nH]2)CCN1Cc1ccc(C(C2=NCC2)N2CCC2)cc1. The third-order valence-electron chi connectivity index (χ3n) is 7.38. The van der Waals surface area contributed by atoms with Gasteiger partial charge < -0.3 is 9.88 Å². The van der Waals surface area contributed by atoms with Crippen molar-refractivity contribution < 1.29 is 13.2 Å². The van der Waals surface area contributed by atoms with Gasteiger partial charge in [0.05, 0.1) is 12.6 Å². The first-order valence-corrected chi connectivity index (χ1v) is 14.1. The number of rotatable bonds is 7. The number of nitrogens with zero attached hydrogens (tertiary/aromatic N) is 4. The number of aromatic amines is 1. The van der Waals surface area contributed by atoms with E-state index in [9.17, 15) is 13.2 Å². The molecule has 2 fully saturated rings. The predicted octanol–water partition coefficient (Wildman–Crippen LogP) is 3.45. The zero-order chi connectivity index (χ0) is 24.9. The Morgan fingerprint density at radius 3 is 2.44 bits per heavy atom. The van der Waals surface area contributed by atoms with Crippen LogP contribution in [0.2, 0.25) is 5.02 Å². The minimum atomic E-state index is -3.82. The largest absolute Gasteiger partial charge is 0.345 e. The summed E-state index contributed by atoms with van der Waals surface area (Å²) in [5.41, 5.74) is 4.24. The van der Waals surface area contributed by atoms with Crippen molar-refractivity contribution in [2.45, 2.75) is 30.5 Å². The minimum absolute atomic E-state index is 0.0735. The van der Waals surface area contributed by atoms with Crippen molar-refractivity contribution in [1.82, 2.24) is 19.1 Å². The fraction of sp³-hybridized carbons (Fsp3) is 0.385. The molecule has 2 aromatic carbocycles. The van der Waals surface area contributed by atoms with Gasteiger partial charge in [0.15, 0.2) is 0 Å². The fourth-order valence-electron chi connectivity index (χ4n) is 5.12. The molecular weight excluding hydrogens is 498 g/mol. The van der Waals surface area contributed by atoms with E-state index in [0.29, 0.717) is 23.6 Å². The first kappa shape index (κ1) is 23.7. The summed E-state index contributed by atoms with van der Waals surface area (Å²) in [5.74, 6) is -0.199.